The molecule has 0 amide bonds. The van der Waals surface area contributed by atoms with Crippen LogP contribution in [-0.2, 0) is 0 Å². The summed E-state index contributed by atoms with van der Waals surface area (Å²) < 4.78 is 5.52. The fourth-order valence-corrected chi connectivity index (χ4v) is 1.11. The maximum atomic E-state index is 8.85. The molecule has 0 heterocycles. The van der Waals surface area contributed by atoms with Crippen LogP contribution in [-0.4, -0.2) is 18.3 Å². The van der Waals surface area contributed by atoms with E-state index in [1.54, 1.807) is 12.1 Å². The minimum atomic E-state index is 0.107. The van der Waals surface area contributed by atoms with Gasteiger partial charge in [-0.15, -0.1) is 0 Å². The predicted octanol–water partition coefficient (Wildman–Crippen LogP) is 1.87. The highest BCUT2D eigenvalue weighted by Crippen LogP contribution is 2.19. The highest BCUT2D eigenvalue weighted by atomic mass is 16.5. The molecule has 0 fully saturated rings. The molecule has 1 aromatic rings. The quantitative estimate of drug-likeness (QED) is 0.816. The third-order valence-electron chi connectivity index (χ3n) is 2.15. The zero-order valence-electron chi connectivity index (χ0n) is 9.03. The van der Waals surface area contributed by atoms with E-state index in [0.717, 1.165) is 5.56 Å². The van der Waals surface area contributed by atoms with Crippen molar-refractivity contribution in [3.05, 3.63) is 29.3 Å². The number of hydrogen-bond acceptors (Lipinski definition) is 3. The average Bonchev–Trinajstić information content (AvgIpc) is 2.27. The Morgan fingerprint density at radius 2 is 2.27 bits per heavy atom. The van der Waals surface area contributed by atoms with Crippen molar-refractivity contribution in [1.29, 1.82) is 5.26 Å². The van der Waals surface area contributed by atoms with Gasteiger partial charge in [0.2, 0.25) is 0 Å². The molecule has 1 rings (SSSR count). The molecule has 0 spiro atoms. The van der Waals surface area contributed by atoms with Crippen molar-refractivity contribution >= 4 is 0 Å². The Hall–Kier alpha value is -1.53. The highest BCUT2D eigenvalue weighted by molar-refractivity contribution is 5.41. The van der Waals surface area contributed by atoms with Crippen LogP contribution in [0.15, 0.2) is 18.2 Å². The smallest absolute Gasteiger partial charge is 0.123 e. The van der Waals surface area contributed by atoms with Crippen LogP contribution < -0.4 is 4.74 Å². The molecule has 0 aliphatic rings. The van der Waals surface area contributed by atoms with Crippen molar-refractivity contribution in [3.8, 4) is 11.8 Å². The summed E-state index contributed by atoms with van der Waals surface area (Å²) in [6.07, 6.45) is 0. The standard InChI is InChI=1S/C12H15NO2/c1-9(7-14)8-15-12-5-11(6-13)4-3-10(12)2/h3-5,9,14H,7-8H2,1-2H3. The molecule has 3 nitrogen and oxygen atoms in total. The number of rotatable bonds is 4. The maximum absolute atomic E-state index is 8.85. The van der Waals surface area contributed by atoms with Crippen molar-refractivity contribution in [2.75, 3.05) is 13.2 Å². The highest BCUT2D eigenvalue weighted by Gasteiger charge is 2.04. The lowest BCUT2D eigenvalue weighted by atomic mass is 10.1. The lowest BCUT2D eigenvalue weighted by Gasteiger charge is -2.12. The molecule has 0 saturated heterocycles. The topological polar surface area (TPSA) is 53.2 Å². The van der Waals surface area contributed by atoms with E-state index in [2.05, 4.69) is 6.07 Å². The molecule has 1 unspecified atom stereocenters. The Kier molecular flexibility index (Phi) is 4.14. The number of aryl methyl sites for hydroxylation is 1. The van der Waals surface area contributed by atoms with Gasteiger partial charge in [0.25, 0.3) is 0 Å². The lowest BCUT2D eigenvalue weighted by Crippen LogP contribution is -2.12. The summed E-state index contributed by atoms with van der Waals surface area (Å²) in [5.41, 5.74) is 1.59. The monoisotopic (exact) mass is 205 g/mol. The summed E-state index contributed by atoms with van der Waals surface area (Å²) in [5.74, 6) is 0.824. The lowest BCUT2D eigenvalue weighted by molar-refractivity contribution is 0.174. The van der Waals surface area contributed by atoms with Gasteiger partial charge < -0.3 is 9.84 Å². The first-order valence-corrected chi connectivity index (χ1v) is 4.91. The average molecular weight is 205 g/mol. The number of aliphatic hydroxyl groups excluding tert-OH is 1. The predicted molar refractivity (Wildman–Crippen MR) is 57.6 cm³/mol. The third kappa shape index (κ3) is 3.26. The Morgan fingerprint density at radius 1 is 1.53 bits per heavy atom. The van der Waals surface area contributed by atoms with E-state index >= 15 is 0 Å². The van der Waals surface area contributed by atoms with E-state index in [-0.39, 0.29) is 12.5 Å². The second-order valence-electron chi connectivity index (χ2n) is 3.69. The van der Waals surface area contributed by atoms with Crippen LogP contribution in [0.2, 0.25) is 0 Å². The van der Waals surface area contributed by atoms with Crippen LogP contribution in [0.3, 0.4) is 0 Å². The molecule has 0 bridgehead atoms. The number of nitrogens with zero attached hydrogens (tertiary/aromatic N) is 1. The zero-order valence-corrected chi connectivity index (χ0v) is 9.03. The number of benzene rings is 1. The van der Waals surface area contributed by atoms with Crippen LogP contribution in [0, 0.1) is 24.2 Å². The van der Waals surface area contributed by atoms with E-state index in [0.29, 0.717) is 17.9 Å². The second-order valence-corrected chi connectivity index (χ2v) is 3.69. The molecule has 3 heteroatoms. The number of nitriles is 1. The Balaban J connectivity index is 2.72. The van der Waals surface area contributed by atoms with Gasteiger partial charge >= 0.3 is 0 Å². The van der Waals surface area contributed by atoms with Gasteiger partial charge in [-0.25, -0.2) is 0 Å². The van der Waals surface area contributed by atoms with Crippen molar-refractivity contribution in [3.63, 3.8) is 0 Å². The molecule has 1 aromatic carbocycles. The second kappa shape index (κ2) is 5.38. The van der Waals surface area contributed by atoms with Gasteiger partial charge in [0.15, 0.2) is 0 Å². The summed E-state index contributed by atoms with van der Waals surface area (Å²) in [6.45, 7) is 4.41. The summed E-state index contributed by atoms with van der Waals surface area (Å²) >= 11 is 0. The van der Waals surface area contributed by atoms with Gasteiger partial charge in [0, 0.05) is 12.5 Å². The molecule has 80 valence electrons. The number of ether oxygens (including phenoxy) is 1. The molecular weight excluding hydrogens is 190 g/mol. The Bertz CT molecular complexity index is 368. The first-order chi connectivity index (χ1) is 7.17. The van der Waals surface area contributed by atoms with Crippen LogP contribution in [0.1, 0.15) is 18.1 Å². The van der Waals surface area contributed by atoms with Crippen molar-refractivity contribution in [2.24, 2.45) is 5.92 Å². The van der Waals surface area contributed by atoms with E-state index in [1.165, 1.54) is 0 Å². The van der Waals surface area contributed by atoms with Gasteiger partial charge in [-0.1, -0.05) is 13.0 Å². The van der Waals surface area contributed by atoms with Crippen LogP contribution >= 0.6 is 0 Å². The SMILES string of the molecule is Cc1ccc(C#N)cc1OCC(C)CO. The molecule has 15 heavy (non-hydrogen) atoms. The fraction of sp³-hybridized carbons (Fsp3) is 0.417. The van der Waals surface area contributed by atoms with Crippen molar-refractivity contribution in [2.45, 2.75) is 13.8 Å². The van der Waals surface area contributed by atoms with Gasteiger partial charge in [-0.3, -0.25) is 0 Å². The van der Waals surface area contributed by atoms with Crippen LogP contribution in [0.5, 0.6) is 5.75 Å². The molecule has 0 radical (unpaired) electrons. The molecule has 1 atom stereocenters. The summed E-state index contributed by atoms with van der Waals surface area (Å²) in [5, 5.41) is 17.6. The molecule has 0 aromatic heterocycles. The van der Waals surface area contributed by atoms with E-state index < -0.39 is 0 Å². The van der Waals surface area contributed by atoms with Crippen LogP contribution in [0.4, 0.5) is 0 Å². The summed E-state index contributed by atoms with van der Waals surface area (Å²) in [6, 6.07) is 7.41. The first-order valence-electron chi connectivity index (χ1n) is 4.91. The normalized spacial score (nSPS) is 11.9. The molecule has 0 aliphatic heterocycles. The van der Waals surface area contributed by atoms with Gasteiger partial charge in [0.1, 0.15) is 5.75 Å². The largest absolute Gasteiger partial charge is 0.493 e. The Morgan fingerprint density at radius 3 is 2.87 bits per heavy atom. The van der Waals surface area contributed by atoms with E-state index in [1.807, 2.05) is 19.9 Å². The molecular formula is C12H15NO2. The summed E-state index contributed by atoms with van der Waals surface area (Å²) in [4.78, 5) is 0. The maximum Gasteiger partial charge on any atom is 0.123 e. The van der Waals surface area contributed by atoms with Crippen molar-refractivity contribution < 1.29 is 9.84 Å². The summed E-state index contributed by atoms with van der Waals surface area (Å²) in [7, 11) is 0. The van der Waals surface area contributed by atoms with Crippen molar-refractivity contribution in [1.82, 2.24) is 0 Å². The van der Waals surface area contributed by atoms with E-state index in [4.69, 9.17) is 15.1 Å². The van der Waals surface area contributed by atoms with Gasteiger partial charge in [0.05, 0.1) is 18.2 Å². The molecule has 0 aliphatic carbocycles. The van der Waals surface area contributed by atoms with Crippen LogP contribution in [0.25, 0.3) is 0 Å². The fourth-order valence-electron chi connectivity index (χ4n) is 1.11. The van der Waals surface area contributed by atoms with E-state index in [9.17, 15) is 0 Å². The number of aliphatic hydroxyl groups is 1. The minimum Gasteiger partial charge on any atom is -0.493 e. The zero-order chi connectivity index (χ0) is 11.3. The Labute approximate surface area is 89.9 Å². The first kappa shape index (κ1) is 11.5. The third-order valence-corrected chi connectivity index (χ3v) is 2.15. The molecule has 1 N–H and O–H groups in total. The van der Waals surface area contributed by atoms with Gasteiger partial charge in [-0.05, 0) is 24.6 Å². The molecule has 0 saturated carbocycles. The van der Waals surface area contributed by atoms with Gasteiger partial charge in [-0.2, -0.15) is 5.26 Å². The number of hydrogen-bond donors (Lipinski definition) is 1. The minimum absolute atomic E-state index is 0.107.